The molecule has 0 spiro atoms. The molecule has 2 aromatic carbocycles. The summed E-state index contributed by atoms with van der Waals surface area (Å²) in [6.07, 6.45) is 0. The van der Waals surface area contributed by atoms with E-state index < -0.39 is 0 Å². The first-order valence-corrected chi connectivity index (χ1v) is 8.50. The van der Waals surface area contributed by atoms with Crippen LogP contribution in [-0.4, -0.2) is 20.0 Å². The average molecular weight is 351 g/mol. The summed E-state index contributed by atoms with van der Waals surface area (Å²) < 4.78 is 14.8. The third kappa shape index (κ3) is 2.89. The van der Waals surface area contributed by atoms with E-state index in [1.54, 1.807) is 12.1 Å². The molecule has 0 aliphatic heterocycles. The van der Waals surface area contributed by atoms with Crippen molar-refractivity contribution in [2.45, 2.75) is 6.92 Å². The minimum atomic E-state index is -0.357. The van der Waals surface area contributed by atoms with Crippen LogP contribution in [0.4, 0.5) is 10.2 Å². The van der Waals surface area contributed by atoms with Crippen LogP contribution in [0.15, 0.2) is 53.9 Å². The SMILES string of the molecule is Cc1ccc(-c2csc(-c3nnn(-c4cccc(F)c4)c3N)n2)cc1. The molecule has 2 heterocycles. The molecule has 5 nitrogen and oxygen atoms in total. The van der Waals surface area contributed by atoms with Gasteiger partial charge >= 0.3 is 0 Å². The molecule has 2 N–H and O–H groups in total. The molecule has 0 amide bonds. The summed E-state index contributed by atoms with van der Waals surface area (Å²) in [5.41, 5.74) is 10.3. The Morgan fingerprint density at radius 3 is 2.68 bits per heavy atom. The molecule has 0 saturated carbocycles. The van der Waals surface area contributed by atoms with Crippen molar-refractivity contribution in [3.05, 3.63) is 65.3 Å². The summed E-state index contributed by atoms with van der Waals surface area (Å²) in [5, 5.41) is 10.8. The van der Waals surface area contributed by atoms with Crippen LogP contribution in [-0.2, 0) is 0 Å². The first-order chi connectivity index (χ1) is 12.1. The maximum atomic E-state index is 13.4. The lowest BCUT2D eigenvalue weighted by Crippen LogP contribution is -2.02. The summed E-state index contributed by atoms with van der Waals surface area (Å²) in [6.45, 7) is 2.04. The number of nitrogens with zero attached hydrogens (tertiary/aromatic N) is 4. The Hall–Kier alpha value is -3.06. The summed E-state index contributed by atoms with van der Waals surface area (Å²) in [5.74, 6) is -0.0275. The molecule has 0 aliphatic carbocycles. The predicted octanol–water partition coefficient (Wildman–Crippen LogP) is 4.09. The van der Waals surface area contributed by atoms with Crippen molar-refractivity contribution >= 4 is 17.2 Å². The summed E-state index contributed by atoms with van der Waals surface area (Å²) in [4.78, 5) is 4.61. The predicted molar refractivity (Wildman–Crippen MR) is 97.0 cm³/mol. The highest BCUT2D eigenvalue weighted by atomic mass is 32.1. The molecule has 0 atom stereocenters. The molecule has 0 aliphatic rings. The molecule has 0 saturated heterocycles. The highest BCUT2D eigenvalue weighted by Crippen LogP contribution is 2.31. The van der Waals surface area contributed by atoms with Gasteiger partial charge in [0.25, 0.3) is 0 Å². The second kappa shape index (κ2) is 6.10. The Bertz CT molecular complexity index is 1040. The largest absolute Gasteiger partial charge is 0.382 e. The second-order valence-corrected chi connectivity index (χ2v) is 6.48. The minimum absolute atomic E-state index is 0.329. The number of aryl methyl sites for hydroxylation is 1. The third-order valence-corrected chi connectivity index (χ3v) is 4.66. The van der Waals surface area contributed by atoms with E-state index >= 15 is 0 Å². The van der Waals surface area contributed by atoms with Gasteiger partial charge in [-0.25, -0.2) is 9.37 Å². The number of thiazole rings is 1. The van der Waals surface area contributed by atoms with Crippen LogP contribution >= 0.6 is 11.3 Å². The van der Waals surface area contributed by atoms with Gasteiger partial charge in [-0.05, 0) is 25.1 Å². The van der Waals surface area contributed by atoms with E-state index in [0.29, 0.717) is 22.2 Å². The Morgan fingerprint density at radius 2 is 1.92 bits per heavy atom. The fourth-order valence-electron chi connectivity index (χ4n) is 2.48. The lowest BCUT2D eigenvalue weighted by Gasteiger charge is -2.02. The number of anilines is 1. The van der Waals surface area contributed by atoms with Gasteiger partial charge in [0.05, 0.1) is 11.4 Å². The molecule has 25 heavy (non-hydrogen) atoms. The van der Waals surface area contributed by atoms with E-state index in [4.69, 9.17) is 5.73 Å². The van der Waals surface area contributed by atoms with Crippen LogP contribution in [0.3, 0.4) is 0 Å². The first-order valence-electron chi connectivity index (χ1n) is 7.62. The molecule has 0 radical (unpaired) electrons. The Morgan fingerprint density at radius 1 is 1.12 bits per heavy atom. The van der Waals surface area contributed by atoms with Crippen LogP contribution in [0, 0.1) is 12.7 Å². The average Bonchev–Trinajstić information content (AvgIpc) is 3.22. The molecule has 4 aromatic rings. The number of nitrogen functional groups attached to an aromatic ring is 1. The van der Waals surface area contributed by atoms with E-state index in [2.05, 4.69) is 15.3 Å². The molecule has 4 rings (SSSR count). The van der Waals surface area contributed by atoms with E-state index in [0.717, 1.165) is 11.3 Å². The van der Waals surface area contributed by atoms with Gasteiger partial charge in [-0.2, -0.15) is 4.68 Å². The monoisotopic (exact) mass is 351 g/mol. The minimum Gasteiger partial charge on any atom is -0.382 e. The van der Waals surface area contributed by atoms with Gasteiger partial charge < -0.3 is 5.73 Å². The quantitative estimate of drug-likeness (QED) is 0.604. The van der Waals surface area contributed by atoms with E-state index in [-0.39, 0.29) is 5.82 Å². The molecule has 7 heteroatoms. The standard InChI is InChI=1S/C18H14FN5S/c1-11-5-7-12(8-6-11)15-10-25-18(21-15)16-17(20)24(23-22-16)14-4-2-3-13(19)9-14/h2-10H,20H2,1H3. The van der Waals surface area contributed by atoms with Crippen LogP contribution < -0.4 is 5.73 Å². The number of hydrogen-bond acceptors (Lipinski definition) is 5. The number of benzene rings is 2. The maximum absolute atomic E-state index is 13.4. The zero-order valence-electron chi connectivity index (χ0n) is 13.3. The van der Waals surface area contributed by atoms with Gasteiger partial charge in [0.2, 0.25) is 0 Å². The van der Waals surface area contributed by atoms with Crippen LogP contribution in [0.1, 0.15) is 5.56 Å². The molecule has 2 aromatic heterocycles. The van der Waals surface area contributed by atoms with Crippen molar-refractivity contribution in [1.29, 1.82) is 0 Å². The number of hydrogen-bond donors (Lipinski definition) is 1. The highest BCUT2D eigenvalue weighted by Gasteiger charge is 2.17. The summed E-state index contributed by atoms with van der Waals surface area (Å²) >= 11 is 1.45. The second-order valence-electron chi connectivity index (χ2n) is 5.62. The van der Waals surface area contributed by atoms with Gasteiger partial charge in [-0.3, -0.25) is 0 Å². The van der Waals surface area contributed by atoms with Crippen molar-refractivity contribution in [3.63, 3.8) is 0 Å². The van der Waals surface area contributed by atoms with Crippen molar-refractivity contribution in [2.24, 2.45) is 0 Å². The molecule has 0 unspecified atom stereocenters. The van der Waals surface area contributed by atoms with Crippen LogP contribution in [0.25, 0.3) is 27.6 Å². The first kappa shape index (κ1) is 15.5. The molecular formula is C18H14FN5S. The zero-order chi connectivity index (χ0) is 17.4. The van der Waals surface area contributed by atoms with Crippen molar-refractivity contribution in [1.82, 2.24) is 20.0 Å². The molecular weight excluding hydrogens is 337 g/mol. The number of rotatable bonds is 3. The maximum Gasteiger partial charge on any atom is 0.165 e. The molecule has 0 bridgehead atoms. The lowest BCUT2D eigenvalue weighted by molar-refractivity contribution is 0.625. The van der Waals surface area contributed by atoms with Gasteiger partial charge in [0.15, 0.2) is 11.5 Å². The van der Waals surface area contributed by atoms with E-state index in [9.17, 15) is 4.39 Å². The number of nitrogens with two attached hydrogens (primary N) is 1. The van der Waals surface area contributed by atoms with Crippen LogP contribution in [0.5, 0.6) is 0 Å². The summed E-state index contributed by atoms with van der Waals surface area (Å²) in [6, 6.07) is 14.2. The van der Waals surface area contributed by atoms with Crippen LogP contribution in [0.2, 0.25) is 0 Å². The molecule has 0 fully saturated rings. The summed E-state index contributed by atoms with van der Waals surface area (Å²) in [7, 11) is 0. The number of aromatic nitrogens is 4. The third-order valence-electron chi connectivity index (χ3n) is 3.81. The van der Waals surface area contributed by atoms with Gasteiger partial charge in [-0.15, -0.1) is 16.4 Å². The van der Waals surface area contributed by atoms with Gasteiger partial charge in [0, 0.05) is 10.9 Å². The van der Waals surface area contributed by atoms with Gasteiger partial charge in [0.1, 0.15) is 10.8 Å². The topological polar surface area (TPSA) is 69.6 Å². The lowest BCUT2D eigenvalue weighted by atomic mass is 10.1. The van der Waals surface area contributed by atoms with Crippen molar-refractivity contribution in [3.8, 4) is 27.6 Å². The normalized spacial score (nSPS) is 11.0. The Kier molecular flexibility index (Phi) is 3.77. The fraction of sp³-hybridized carbons (Fsp3) is 0.0556. The van der Waals surface area contributed by atoms with E-state index in [1.165, 1.54) is 33.7 Å². The molecule has 124 valence electrons. The number of halogens is 1. The highest BCUT2D eigenvalue weighted by molar-refractivity contribution is 7.13. The van der Waals surface area contributed by atoms with Crippen molar-refractivity contribution in [2.75, 3.05) is 5.73 Å². The fourth-order valence-corrected chi connectivity index (χ4v) is 3.30. The van der Waals surface area contributed by atoms with E-state index in [1.807, 2.05) is 36.6 Å². The van der Waals surface area contributed by atoms with Gasteiger partial charge in [-0.1, -0.05) is 41.1 Å². The smallest absolute Gasteiger partial charge is 0.165 e. The van der Waals surface area contributed by atoms with Crippen molar-refractivity contribution < 1.29 is 4.39 Å². The Balaban J connectivity index is 1.71. The zero-order valence-corrected chi connectivity index (χ0v) is 14.2. The Labute approximate surface area is 147 Å².